The molecule has 1 heterocycles. The van der Waals surface area contributed by atoms with Crippen LogP contribution in [0.4, 0.5) is 14.6 Å². The number of hydrogen-bond acceptors (Lipinski definition) is 4. The second-order valence-corrected chi connectivity index (χ2v) is 6.37. The van der Waals surface area contributed by atoms with Crippen LogP contribution < -0.4 is 5.32 Å². The zero-order valence-electron chi connectivity index (χ0n) is 12.0. The standard InChI is InChI=1S/C16H13F2N3OS/c17-13-8-12-15(9-14(13)18)20-10-21-16(12)19-6-7-23(22)11-4-2-1-3-5-11/h1-5,8-10H,6-7H2,(H,19,20,21). The van der Waals surface area contributed by atoms with Crippen LogP contribution in [0, 0.1) is 11.6 Å². The quantitative estimate of drug-likeness (QED) is 0.779. The lowest BCUT2D eigenvalue weighted by molar-refractivity contribution is 0.510. The van der Waals surface area contributed by atoms with Crippen molar-refractivity contribution in [1.29, 1.82) is 0 Å². The number of anilines is 1. The number of nitrogens with zero attached hydrogens (tertiary/aromatic N) is 2. The minimum absolute atomic E-state index is 0.311. The van der Waals surface area contributed by atoms with Crippen LogP contribution in [0.15, 0.2) is 53.7 Å². The van der Waals surface area contributed by atoms with Crippen molar-refractivity contribution in [3.63, 3.8) is 0 Å². The van der Waals surface area contributed by atoms with Gasteiger partial charge >= 0.3 is 0 Å². The minimum Gasteiger partial charge on any atom is -0.369 e. The highest BCUT2D eigenvalue weighted by molar-refractivity contribution is 7.85. The van der Waals surface area contributed by atoms with Crippen molar-refractivity contribution in [3.8, 4) is 0 Å². The maximum absolute atomic E-state index is 13.4. The monoisotopic (exact) mass is 333 g/mol. The van der Waals surface area contributed by atoms with Crippen molar-refractivity contribution >= 4 is 27.5 Å². The number of fused-ring (bicyclic) bond motifs is 1. The van der Waals surface area contributed by atoms with Crippen LogP contribution in [-0.4, -0.2) is 26.5 Å². The maximum Gasteiger partial charge on any atom is 0.161 e. The summed E-state index contributed by atoms with van der Waals surface area (Å²) in [7, 11) is -1.14. The zero-order valence-corrected chi connectivity index (χ0v) is 12.8. The molecule has 1 N–H and O–H groups in total. The first-order chi connectivity index (χ1) is 11.1. The molecule has 0 aliphatic carbocycles. The Kier molecular flexibility index (Phi) is 4.57. The normalized spacial score (nSPS) is 12.3. The van der Waals surface area contributed by atoms with Gasteiger partial charge in [0.2, 0.25) is 0 Å². The van der Waals surface area contributed by atoms with Gasteiger partial charge in [0, 0.05) is 28.6 Å². The zero-order chi connectivity index (χ0) is 16.2. The van der Waals surface area contributed by atoms with E-state index in [0.29, 0.717) is 29.0 Å². The second-order valence-electron chi connectivity index (χ2n) is 4.80. The number of benzene rings is 2. The van der Waals surface area contributed by atoms with Gasteiger partial charge in [0.15, 0.2) is 11.6 Å². The van der Waals surface area contributed by atoms with Crippen molar-refractivity contribution in [2.75, 3.05) is 17.6 Å². The highest BCUT2D eigenvalue weighted by Crippen LogP contribution is 2.22. The van der Waals surface area contributed by atoms with Gasteiger partial charge in [0.05, 0.1) is 16.3 Å². The molecule has 23 heavy (non-hydrogen) atoms. The fraction of sp³-hybridized carbons (Fsp3) is 0.125. The fourth-order valence-electron chi connectivity index (χ4n) is 2.14. The average Bonchev–Trinajstić information content (AvgIpc) is 2.57. The molecule has 118 valence electrons. The first kappa shape index (κ1) is 15.5. The van der Waals surface area contributed by atoms with Gasteiger partial charge in [-0.3, -0.25) is 4.21 Å². The van der Waals surface area contributed by atoms with E-state index in [-0.39, 0.29) is 0 Å². The summed E-state index contributed by atoms with van der Waals surface area (Å²) in [5, 5.41) is 3.39. The van der Waals surface area contributed by atoms with Crippen molar-refractivity contribution in [3.05, 3.63) is 60.4 Å². The lowest BCUT2D eigenvalue weighted by atomic mass is 10.2. The van der Waals surface area contributed by atoms with Gasteiger partial charge in [-0.05, 0) is 18.2 Å². The van der Waals surface area contributed by atoms with E-state index in [2.05, 4.69) is 15.3 Å². The minimum atomic E-state index is -1.14. The van der Waals surface area contributed by atoms with E-state index < -0.39 is 22.4 Å². The van der Waals surface area contributed by atoms with Gasteiger partial charge in [-0.1, -0.05) is 18.2 Å². The molecule has 3 aromatic rings. The topological polar surface area (TPSA) is 54.9 Å². The van der Waals surface area contributed by atoms with Crippen LogP contribution >= 0.6 is 0 Å². The van der Waals surface area contributed by atoms with Gasteiger partial charge in [-0.2, -0.15) is 0 Å². The Bertz CT molecular complexity index is 859. The smallest absolute Gasteiger partial charge is 0.161 e. The van der Waals surface area contributed by atoms with Crippen LogP contribution in [0.1, 0.15) is 0 Å². The van der Waals surface area contributed by atoms with Crippen molar-refractivity contribution in [1.82, 2.24) is 9.97 Å². The van der Waals surface area contributed by atoms with E-state index in [1.54, 1.807) is 12.1 Å². The molecule has 0 radical (unpaired) electrons. The molecule has 0 aliphatic heterocycles. The highest BCUT2D eigenvalue weighted by Gasteiger charge is 2.10. The van der Waals surface area contributed by atoms with Crippen molar-refractivity contribution < 1.29 is 13.0 Å². The Hall–Kier alpha value is -2.41. The summed E-state index contributed by atoms with van der Waals surface area (Å²) in [5.74, 6) is -1.14. The molecule has 4 nitrogen and oxygen atoms in total. The predicted octanol–water partition coefficient (Wildman–Crippen LogP) is 3.13. The Morgan fingerprint density at radius 1 is 1.04 bits per heavy atom. The molecular weight excluding hydrogens is 320 g/mol. The van der Waals surface area contributed by atoms with Gasteiger partial charge < -0.3 is 5.32 Å². The van der Waals surface area contributed by atoms with E-state index >= 15 is 0 Å². The first-order valence-corrected chi connectivity index (χ1v) is 8.24. The Balaban J connectivity index is 1.72. The summed E-state index contributed by atoms with van der Waals surface area (Å²) >= 11 is 0. The molecule has 1 aromatic heterocycles. The predicted molar refractivity (Wildman–Crippen MR) is 85.7 cm³/mol. The van der Waals surface area contributed by atoms with Gasteiger partial charge in [-0.15, -0.1) is 0 Å². The molecule has 0 saturated heterocycles. The molecule has 0 bridgehead atoms. The van der Waals surface area contributed by atoms with E-state index in [4.69, 9.17) is 0 Å². The van der Waals surface area contributed by atoms with E-state index in [1.165, 1.54) is 6.33 Å². The maximum atomic E-state index is 13.4. The molecular formula is C16H13F2N3OS. The van der Waals surface area contributed by atoms with E-state index in [9.17, 15) is 13.0 Å². The third kappa shape index (κ3) is 3.50. The number of rotatable bonds is 5. The van der Waals surface area contributed by atoms with Crippen LogP contribution in [0.5, 0.6) is 0 Å². The molecule has 1 unspecified atom stereocenters. The van der Waals surface area contributed by atoms with Gasteiger partial charge in [-0.25, -0.2) is 18.7 Å². The summed E-state index contributed by atoms with van der Waals surface area (Å²) in [4.78, 5) is 8.70. The molecule has 1 atom stereocenters. The Labute approximate surface area is 134 Å². The lowest BCUT2D eigenvalue weighted by Gasteiger charge is -2.08. The van der Waals surface area contributed by atoms with E-state index in [0.717, 1.165) is 17.0 Å². The molecule has 0 aliphatic rings. The van der Waals surface area contributed by atoms with E-state index in [1.807, 2.05) is 18.2 Å². The number of halogens is 2. The number of hydrogen-bond donors (Lipinski definition) is 1. The first-order valence-electron chi connectivity index (χ1n) is 6.92. The summed E-state index contributed by atoms with van der Waals surface area (Å²) in [6.45, 7) is 0.382. The largest absolute Gasteiger partial charge is 0.369 e. The summed E-state index contributed by atoms with van der Waals surface area (Å²) in [6.07, 6.45) is 1.27. The van der Waals surface area contributed by atoms with Crippen LogP contribution in [-0.2, 0) is 10.8 Å². The Morgan fingerprint density at radius 3 is 2.57 bits per heavy atom. The molecule has 2 aromatic carbocycles. The molecule has 3 rings (SSSR count). The molecule has 0 fully saturated rings. The van der Waals surface area contributed by atoms with Gasteiger partial charge in [0.1, 0.15) is 12.1 Å². The molecule has 0 spiro atoms. The average molecular weight is 333 g/mol. The third-order valence-corrected chi connectivity index (χ3v) is 4.64. The summed E-state index contributed by atoms with van der Waals surface area (Å²) in [5.41, 5.74) is 0.311. The Morgan fingerprint density at radius 2 is 1.78 bits per heavy atom. The van der Waals surface area contributed by atoms with Gasteiger partial charge in [0.25, 0.3) is 0 Å². The summed E-state index contributed by atoms with van der Waals surface area (Å²) in [6, 6.07) is 11.2. The number of aromatic nitrogens is 2. The number of nitrogens with one attached hydrogen (secondary N) is 1. The molecule has 0 saturated carbocycles. The van der Waals surface area contributed by atoms with Crippen LogP contribution in [0.3, 0.4) is 0 Å². The van der Waals surface area contributed by atoms with Crippen molar-refractivity contribution in [2.45, 2.75) is 4.90 Å². The van der Waals surface area contributed by atoms with Crippen LogP contribution in [0.25, 0.3) is 10.9 Å². The second kappa shape index (κ2) is 6.78. The highest BCUT2D eigenvalue weighted by atomic mass is 32.2. The lowest BCUT2D eigenvalue weighted by Crippen LogP contribution is -2.12. The summed E-state index contributed by atoms with van der Waals surface area (Å²) < 4.78 is 38.7. The van der Waals surface area contributed by atoms with Crippen LogP contribution in [0.2, 0.25) is 0 Å². The third-order valence-electron chi connectivity index (χ3n) is 3.26. The molecule has 7 heteroatoms. The fourth-order valence-corrected chi connectivity index (χ4v) is 3.13. The molecule has 0 amide bonds. The SMILES string of the molecule is O=S(CCNc1ncnc2cc(F)c(F)cc12)c1ccccc1. The van der Waals surface area contributed by atoms with Crippen molar-refractivity contribution in [2.24, 2.45) is 0 Å².